The Bertz CT molecular complexity index is 982. The summed E-state index contributed by atoms with van der Waals surface area (Å²) in [5, 5.41) is 16.9. The maximum absolute atomic E-state index is 11.9. The number of carbonyl (C=O) groups excluding carboxylic acids is 1. The molecule has 3 aromatic rings. The van der Waals surface area contributed by atoms with Crippen LogP contribution in [0.25, 0.3) is 10.8 Å². The third-order valence-corrected chi connectivity index (χ3v) is 4.87. The van der Waals surface area contributed by atoms with Gasteiger partial charge in [0.1, 0.15) is 0 Å². The molecule has 1 amide bonds. The Hall–Kier alpha value is -3.19. The number of nitro groups is 1. The molecule has 0 fully saturated rings. The molecule has 7 heteroatoms. The number of nitrogens with one attached hydrogen (secondary N) is 1. The van der Waals surface area contributed by atoms with Crippen LogP contribution in [0.5, 0.6) is 0 Å². The number of non-ortho nitro benzene ring substituents is 1. The van der Waals surface area contributed by atoms with Crippen molar-refractivity contribution in [2.45, 2.75) is 5.75 Å². The first kappa shape index (κ1) is 18.6. The van der Waals surface area contributed by atoms with Crippen LogP contribution in [0.2, 0.25) is 0 Å². The summed E-state index contributed by atoms with van der Waals surface area (Å²) in [5.74, 6) is 0.654. The van der Waals surface area contributed by atoms with Crippen molar-refractivity contribution in [3.63, 3.8) is 0 Å². The van der Waals surface area contributed by atoms with Crippen LogP contribution in [0.1, 0.15) is 11.1 Å². The Labute approximate surface area is 160 Å². The molecule has 0 aliphatic carbocycles. The number of hydrogen-bond acceptors (Lipinski definition) is 5. The molecule has 27 heavy (non-hydrogen) atoms. The van der Waals surface area contributed by atoms with E-state index in [0.29, 0.717) is 5.75 Å². The third kappa shape index (κ3) is 5.15. The van der Waals surface area contributed by atoms with Crippen molar-refractivity contribution in [3.05, 3.63) is 88.0 Å². The van der Waals surface area contributed by atoms with Gasteiger partial charge in [-0.15, -0.1) is 11.8 Å². The van der Waals surface area contributed by atoms with Crippen LogP contribution < -0.4 is 5.43 Å². The van der Waals surface area contributed by atoms with Crippen molar-refractivity contribution < 1.29 is 9.72 Å². The number of thioether (sulfide) groups is 1. The van der Waals surface area contributed by atoms with Gasteiger partial charge in [0.25, 0.3) is 5.69 Å². The topological polar surface area (TPSA) is 84.6 Å². The first-order valence-corrected chi connectivity index (χ1v) is 9.40. The highest BCUT2D eigenvalue weighted by Crippen LogP contribution is 2.17. The molecule has 1 N–H and O–H groups in total. The lowest BCUT2D eigenvalue weighted by Crippen LogP contribution is -2.19. The second-order valence-corrected chi connectivity index (χ2v) is 6.76. The van der Waals surface area contributed by atoms with Gasteiger partial charge >= 0.3 is 0 Å². The smallest absolute Gasteiger partial charge is 0.269 e. The molecule has 0 unspecified atom stereocenters. The van der Waals surface area contributed by atoms with E-state index >= 15 is 0 Å². The van der Waals surface area contributed by atoms with Crippen molar-refractivity contribution in [2.75, 3.05) is 5.75 Å². The lowest BCUT2D eigenvalue weighted by Gasteiger charge is -2.03. The summed E-state index contributed by atoms with van der Waals surface area (Å²) in [6, 6.07) is 20.2. The highest BCUT2D eigenvalue weighted by Gasteiger charge is 2.05. The number of nitrogens with zero attached hydrogens (tertiary/aromatic N) is 2. The molecule has 136 valence electrons. The predicted octanol–water partition coefficient (Wildman–Crippen LogP) is 4.13. The van der Waals surface area contributed by atoms with E-state index in [9.17, 15) is 14.9 Å². The zero-order chi connectivity index (χ0) is 19.1. The molecule has 0 saturated heterocycles. The molecule has 0 bridgehead atoms. The predicted molar refractivity (Wildman–Crippen MR) is 109 cm³/mol. The minimum atomic E-state index is -0.432. The van der Waals surface area contributed by atoms with Crippen LogP contribution in [0, 0.1) is 10.1 Å². The zero-order valence-corrected chi connectivity index (χ0v) is 15.2. The van der Waals surface area contributed by atoms with Gasteiger partial charge in [-0.2, -0.15) is 5.10 Å². The Morgan fingerprint density at radius 3 is 2.59 bits per heavy atom. The lowest BCUT2D eigenvalue weighted by molar-refractivity contribution is -0.384. The molecule has 0 aliphatic rings. The number of fused-ring (bicyclic) bond motifs is 1. The minimum absolute atomic E-state index is 0.0595. The fourth-order valence-corrected chi connectivity index (χ4v) is 3.32. The minimum Gasteiger partial charge on any atom is -0.272 e. The maximum Gasteiger partial charge on any atom is 0.269 e. The molecule has 0 radical (unpaired) electrons. The van der Waals surface area contributed by atoms with Gasteiger partial charge in [0.05, 0.1) is 16.9 Å². The van der Waals surface area contributed by atoms with E-state index in [4.69, 9.17) is 0 Å². The highest BCUT2D eigenvalue weighted by atomic mass is 32.2. The Kier molecular flexibility index (Phi) is 6.17. The number of rotatable bonds is 7. The van der Waals surface area contributed by atoms with Crippen LogP contribution in [0.15, 0.2) is 71.8 Å². The monoisotopic (exact) mass is 379 g/mol. The van der Waals surface area contributed by atoms with Crippen LogP contribution in [0.3, 0.4) is 0 Å². The van der Waals surface area contributed by atoms with Crippen molar-refractivity contribution in [1.82, 2.24) is 5.43 Å². The number of benzene rings is 3. The average Bonchev–Trinajstić information content (AvgIpc) is 2.68. The number of nitro benzene ring substituents is 1. The summed E-state index contributed by atoms with van der Waals surface area (Å²) >= 11 is 1.42. The summed E-state index contributed by atoms with van der Waals surface area (Å²) in [7, 11) is 0. The van der Waals surface area contributed by atoms with Crippen molar-refractivity contribution in [3.8, 4) is 0 Å². The molecule has 0 spiro atoms. The van der Waals surface area contributed by atoms with Crippen LogP contribution >= 0.6 is 11.8 Å². The van der Waals surface area contributed by atoms with E-state index in [1.54, 1.807) is 18.3 Å². The molecular weight excluding hydrogens is 362 g/mol. The van der Waals surface area contributed by atoms with Gasteiger partial charge in [-0.25, -0.2) is 5.43 Å². The van der Waals surface area contributed by atoms with Gasteiger partial charge in [-0.3, -0.25) is 14.9 Å². The van der Waals surface area contributed by atoms with E-state index < -0.39 is 4.92 Å². The summed E-state index contributed by atoms with van der Waals surface area (Å²) < 4.78 is 0. The fourth-order valence-electron chi connectivity index (χ4n) is 2.54. The van der Waals surface area contributed by atoms with Crippen molar-refractivity contribution >= 4 is 40.3 Å². The molecule has 0 aliphatic heterocycles. The second kappa shape index (κ2) is 8.95. The second-order valence-electron chi connectivity index (χ2n) is 5.78. The van der Waals surface area contributed by atoms with Crippen LogP contribution in [-0.4, -0.2) is 22.8 Å². The number of carbonyl (C=O) groups is 1. The molecular formula is C20H17N3O3S. The van der Waals surface area contributed by atoms with Gasteiger partial charge in [-0.1, -0.05) is 54.6 Å². The summed E-state index contributed by atoms with van der Waals surface area (Å²) in [6.07, 6.45) is 1.64. The van der Waals surface area contributed by atoms with Gasteiger partial charge < -0.3 is 0 Å². The van der Waals surface area contributed by atoms with Gasteiger partial charge in [-0.05, 0) is 16.3 Å². The fraction of sp³-hybridized carbons (Fsp3) is 0.100. The highest BCUT2D eigenvalue weighted by molar-refractivity contribution is 7.99. The normalized spacial score (nSPS) is 11.0. The number of amides is 1. The summed E-state index contributed by atoms with van der Waals surface area (Å²) in [4.78, 5) is 22.1. The van der Waals surface area contributed by atoms with Gasteiger partial charge in [0.15, 0.2) is 0 Å². The van der Waals surface area contributed by atoms with Crippen molar-refractivity contribution in [2.24, 2.45) is 5.10 Å². The van der Waals surface area contributed by atoms with Gasteiger partial charge in [0.2, 0.25) is 5.91 Å². The van der Waals surface area contributed by atoms with Gasteiger partial charge in [0, 0.05) is 23.4 Å². The Morgan fingerprint density at radius 1 is 1.07 bits per heavy atom. The van der Waals surface area contributed by atoms with Crippen LogP contribution in [-0.2, 0) is 10.5 Å². The largest absolute Gasteiger partial charge is 0.272 e. The van der Waals surface area contributed by atoms with Crippen LogP contribution in [0.4, 0.5) is 5.69 Å². The number of hydrogen-bond donors (Lipinski definition) is 1. The van der Waals surface area contributed by atoms with E-state index in [2.05, 4.69) is 10.5 Å². The van der Waals surface area contributed by atoms with Crippen molar-refractivity contribution in [1.29, 1.82) is 0 Å². The average molecular weight is 379 g/mol. The van der Waals surface area contributed by atoms with E-state index in [0.717, 1.165) is 21.9 Å². The van der Waals surface area contributed by atoms with E-state index in [1.807, 2.05) is 42.5 Å². The molecule has 0 aromatic heterocycles. The third-order valence-electron chi connectivity index (χ3n) is 3.87. The maximum atomic E-state index is 11.9. The van der Waals surface area contributed by atoms with E-state index in [-0.39, 0.29) is 17.3 Å². The Morgan fingerprint density at radius 2 is 1.81 bits per heavy atom. The summed E-state index contributed by atoms with van der Waals surface area (Å²) in [6.45, 7) is 0. The first-order valence-electron chi connectivity index (χ1n) is 8.24. The molecule has 0 saturated carbocycles. The van der Waals surface area contributed by atoms with E-state index in [1.165, 1.54) is 23.9 Å². The summed E-state index contributed by atoms with van der Waals surface area (Å²) in [5.41, 5.74) is 4.45. The molecule has 0 atom stereocenters. The standard InChI is InChI=1S/C20H17N3O3S/c24-20(14-27-13-15-8-10-18(11-9-15)23(25)26)22-21-12-17-6-3-5-16-4-1-2-7-19(16)17/h1-12H,13-14H2,(H,22,24)/b21-12-. The molecule has 6 nitrogen and oxygen atoms in total. The molecule has 3 aromatic carbocycles. The molecule has 0 heterocycles. The Balaban J connectivity index is 1.48. The lowest BCUT2D eigenvalue weighted by atomic mass is 10.1. The zero-order valence-electron chi connectivity index (χ0n) is 14.4. The number of hydrazone groups is 1. The molecule has 3 rings (SSSR count). The first-order chi connectivity index (χ1) is 13.1. The SMILES string of the molecule is O=C(CSCc1ccc([N+](=O)[O-])cc1)N/N=C\c1cccc2ccccc12. The quantitative estimate of drug-likeness (QED) is 0.380.